The third kappa shape index (κ3) is 5.27. The van der Waals surface area contributed by atoms with E-state index in [1.807, 2.05) is 6.92 Å². The topological polar surface area (TPSA) is 75.4 Å². The number of pyridine rings is 1. The van der Waals surface area contributed by atoms with E-state index >= 15 is 0 Å². The third-order valence-electron chi connectivity index (χ3n) is 9.30. The van der Waals surface area contributed by atoms with Gasteiger partial charge in [-0.05, 0) is 57.2 Å². The Morgan fingerprint density at radius 3 is 2.69 bits per heavy atom. The molecule has 4 atom stereocenters. The molecule has 0 amide bonds. The van der Waals surface area contributed by atoms with Gasteiger partial charge in [-0.25, -0.2) is 15.6 Å². The molecule has 12 heteroatoms. The first kappa shape index (κ1) is 27.2. The molecular weight excluding hydrogens is 513 g/mol. The van der Waals surface area contributed by atoms with Gasteiger partial charge in [0.25, 0.3) is 0 Å². The molecule has 216 valence electrons. The van der Waals surface area contributed by atoms with E-state index in [9.17, 15) is 18.0 Å². The monoisotopic (exact) mass is 552 g/mol. The van der Waals surface area contributed by atoms with Gasteiger partial charge in [0.1, 0.15) is 0 Å². The van der Waals surface area contributed by atoms with Crippen molar-refractivity contribution in [2.75, 3.05) is 46.6 Å². The van der Waals surface area contributed by atoms with Crippen LogP contribution >= 0.6 is 0 Å². The second-order valence-electron chi connectivity index (χ2n) is 12.1. The van der Waals surface area contributed by atoms with Gasteiger partial charge in [0.2, 0.25) is 0 Å². The number of nitrogens with zero attached hydrogens (tertiary/aromatic N) is 4. The van der Waals surface area contributed by atoms with Crippen molar-refractivity contribution in [2.45, 2.75) is 70.1 Å². The zero-order valence-corrected chi connectivity index (χ0v) is 22.7. The van der Waals surface area contributed by atoms with Crippen molar-refractivity contribution >= 4 is 5.52 Å². The Labute approximate surface area is 226 Å². The molecule has 3 unspecified atom stereocenters. The smallest absolute Gasteiger partial charge is 0.380 e. The Morgan fingerprint density at radius 2 is 2.03 bits per heavy atom. The first-order valence-corrected chi connectivity index (χ1v) is 14.1. The highest BCUT2D eigenvalue weighted by Crippen LogP contribution is 2.49. The molecule has 2 aromatic rings. The van der Waals surface area contributed by atoms with Crippen molar-refractivity contribution in [2.24, 2.45) is 11.3 Å². The van der Waals surface area contributed by atoms with Gasteiger partial charge >= 0.3 is 11.9 Å². The predicted molar refractivity (Wildman–Crippen MR) is 139 cm³/mol. The minimum atomic E-state index is -4.56. The van der Waals surface area contributed by atoms with Crippen LogP contribution in [0.3, 0.4) is 0 Å². The molecule has 9 nitrogen and oxygen atoms in total. The number of halogens is 3. The number of ether oxygens (including phenoxy) is 2. The number of hydrogen-bond donors (Lipinski definition) is 2. The number of rotatable bonds is 6. The molecule has 0 aromatic carbocycles. The van der Waals surface area contributed by atoms with Gasteiger partial charge in [0.05, 0.1) is 49.8 Å². The summed E-state index contributed by atoms with van der Waals surface area (Å²) in [4.78, 5) is 18.0. The summed E-state index contributed by atoms with van der Waals surface area (Å²) >= 11 is 0. The molecule has 4 fully saturated rings. The lowest BCUT2D eigenvalue weighted by Gasteiger charge is -2.51. The molecule has 5 heterocycles. The Morgan fingerprint density at radius 1 is 1.21 bits per heavy atom. The maximum absolute atomic E-state index is 14.2. The summed E-state index contributed by atoms with van der Waals surface area (Å²) in [6.45, 7) is 6.29. The lowest BCUT2D eigenvalue weighted by molar-refractivity contribution is -0.167. The summed E-state index contributed by atoms with van der Waals surface area (Å²) in [5, 5.41) is 0. The number of fused-ring (bicyclic) bond motifs is 1. The van der Waals surface area contributed by atoms with Crippen LogP contribution < -0.4 is 16.5 Å². The van der Waals surface area contributed by atoms with E-state index in [0.29, 0.717) is 50.9 Å². The number of nitrogens with one attached hydrogen (secondary N) is 2. The molecule has 0 spiro atoms. The van der Waals surface area contributed by atoms with E-state index in [2.05, 4.69) is 27.7 Å². The van der Waals surface area contributed by atoms with Gasteiger partial charge in [-0.1, -0.05) is 6.42 Å². The van der Waals surface area contributed by atoms with Crippen LogP contribution in [0.15, 0.2) is 23.3 Å². The van der Waals surface area contributed by atoms with Crippen LogP contribution in [0, 0.1) is 11.3 Å². The van der Waals surface area contributed by atoms with Gasteiger partial charge in [0, 0.05) is 43.5 Å². The number of imidazole rings is 1. The van der Waals surface area contributed by atoms with Crippen LogP contribution in [0.2, 0.25) is 0 Å². The minimum absolute atomic E-state index is 0.0129. The largest absolute Gasteiger partial charge is 0.418 e. The molecule has 2 aromatic heterocycles. The van der Waals surface area contributed by atoms with Gasteiger partial charge in [0.15, 0.2) is 0 Å². The molecule has 1 aliphatic carbocycles. The Balaban J connectivity index is 1.29. The average molecular weight is 553 g/mol. The van der Waals surface area contributed by atoms with Gasteiger partial charge in [-0.15, -0.1) is 0 Å². The van der Waals surface area contributed by atoms with Crippen LogP contribution in [0.4, 0.5) is 13.2 Å². The minimum Gasteiger partial charge on any atom is -0.380 e. The summed E-state index contributed by atoms with van der Waals surface area (Å²) in [5.41, 5.74) is 5.81. The Kier molecular flexibility index (Phi) is 7.30. The molecule has 3 saturated heterocycles. The number of alkyl halides is 3. The summed E-state index contributed by atoms with van der Waals surface area (Å²) in [5.74, 6) is 0.344. The van der Waals surface area contributed by atoms with E-state index in [-0.39, 0.29) is 29.2 Å². The molecule has 4 aliphatic rings. The zero-order valence-electron chi connectivity index (χ0n) is 22.7. The lowest BCUT2D eigenvalue weighted by Crippen LogP contribution is -2.54. The zero-order chi connectivity index (χ0) is 27.4. The number of morpholine rings is 1. The molecule has 3 aliphatic heterocycles. The SMILES string of the molecule is C[C@@H]1CN(Cc2cc(C(F)(F)F)c3cn(C4CCCC(C5(CC6NNCN6C)COC5)C4)c(=O)n3c2)CCO1. The van der Waals surface area contributed by atoms with E-state index in [1.54, 1.807) is 10.8 Å². The number of hydrazine groups is 1. The van der Waals surface area contributed by atoms with Crippen molar-refractivity contribution in [3.05, 3.63) is 40.1 Å². The summed E-state index contributed by atoms with van der Waals surface area (Å²) in [6, 6.07) is 1.08. The van der Waals surface area contributed by atoms with Crippen molar-refractivity contribution in [1.29, 1.82) is 0 Å². The van der Waals surface area contributed by atoms with Crippen LogP contribution in [0.25, 0.3) is 5.52 Å². The molecule has 1 saturated carbocycles. The number of aromatic nitrogens is 2. The van der Waals surface area contributed by atoms with Crippen molar-refractivity contribution in [3.63, 3.8) is 0 Å². The van der Waals surface area contributed by atoms with E-state index in [4.69, 9.17) is 9.47 Å². The second kappa shape index (κ2) is 10.5. The van der Waals surface area contributed by atoms with Crippen LogP contribution in [-0.4, -0.2) is 77.7 Å². The van der Waals surface area contributed by atoms with Crippen molar-refractivity contribution in [1.82, 2.24) is 29.6 Å². The lowest BCUT2D eigenvalue weighted by atomic mass is 9.64. The predicted octanol–water partition coefficient (Wildman–Crippen LogP) is 2.80. The maximum atomic E-state index is 14.2. The van der Waals surface area contributed by atoms with E-state index < -0.39 is 17.4 Å². The van der Waals surface area contributed by atoms with Crippen molar-refractivity contribution < 1.29 is 22.6 Å². The Bertz CT molecular complexity index is 1240. The molecule has 0 bridgehead atoms. The highest BCUT2D eigenvalue weighted by molar-refractivity contribution is 5.56. The first-order chi connectivity index (χ1) is 18.6. The number of hydrogen-bond acceptors (Lipinski definition) is 7. The summed E-state index contributed by atoms with van der Waals surface area (Å²) in [7, 11) is 2.08. The van der Waals surface area contributed by atoms with Crippen LogP contribution in [0.5, 0.6) is 0 Å². The summed E-state index contributed by atoms with van der Waals surface area (Å²) < 4.78 is 56.8. The summed E-state index contributed by atoms with van der Waals surface area (Å²) in [6.07, 6.45) is 3.18. The Hall–Kier alpha value is -1.96. The molecule has 0 radical (unpaired) electrons. The van der Waals surface area contributed by atoms with Gasteiger partial charge in [-0.2, -0.15) is 13.2 Å². The highest BCUT2D eigenvalue weighted by atomic mass is 19.4. The quantitative estimate of drug-likeness (QED) is 0.571. The second-order valence-corrected chi connectivity index (χ2v) is 12.1. The van der Waals surface area contributed by atoms with Crippen LogP contribution in [0.1, 0.15) is 56.2 Å². The van der Waals surface area contributed by atoms with Gasteiger partial charge < -0.3 is 9.47 Å². The molecular formula is C27H39F3N6O3. The molecule has 2 N–H and O–H groups in total. The molecule has 6 rings (SSSR count). The van der Waals surface area contributed by atoms with E-state index in [1.165, 1.54) is 16.7 Å². The maximum Gasteiger partial charge on any atom is 0.418 e. The van der Waals surface area contributed by atoms with Crippen LogP contribution in [-0.2, 0) is 22.2 Å². The van der Waals surface area contributed by atoms with Crippen molar-refractivity contribution in [3.8, 4) is 0 Å². The van der Waals surface area contributed by atoms with E-state index in [0.717, 1.165) is 38.8 Å². The fraction of sp³-hybridized carbons (Fsp3) is 0.741. The highest BCUT2D eigenvalue weighted by Gasteiger charge is 2.49. The fourth-order valence-electron chi connectivity index (χ4n) is 7.09. The first-order valence-electron chi connectivity index (χ1n) is 14.1. The van der Waals surface area contributed by atoms with Gasteiger partial charge in [-0.3, -0.25) is 18.8 Å². The average Bonchev–Trinajstić information content (AvgIpc) is 3.43. The standard InChI is InChI=1S/C27H39F3N6O3/c1-18-11-34(6-7-39-18)12-19-8-22(27(28,29)30)23-14-35(25(37)36(23)13-19)21-5-3-4-20(9-21)26(15-38-16-26)10-24-32-31-17-33(24)2/h8,13-14,18,20-21,24,31-32H,3-7,9-12,15-17H2,1-2H3/t18-,20?,21?,24?/m1/s1. The fourth-order valence-corrected chi connectivity index (χ4v) is 7.09. The normalized spacial score (nSPS) is 30.6. The molecule has 39 heavy (non-hydrogen) atoms. The third-order valence-corrected chi connectivity index (χ3v) is 9.30.